The van der Waals surface area contributed by atoms with Crippen LogP contribution in [0.2, 0.25) is 0 Å². The highest BCUT2D eigenvalue weighted by Crippen LogP contribution is 2.33. The Labute approximate surface area is 335 Å². The molecule has 300 valence electrons. The number of methoxy groups -OCH3 is 3. The van der Waals surface area contributed by atoms with Crippen molar-refractivity contribution in [3.63, 3.8) is 0 Å². The van der Waals surface area contributed by atoms with Crippen LogP contribution in [0.15, 0.2) is 108 Å². The van der Waals surface area contributed by atoms with Crippen LogP contribution in [0, 0.1) is 11.3 Å². The summed E-state index contributed by atoms with van der Waals surface area (Å²) in [4.78, 5) is 35.6. The predicted octanol–water partition coefficient (Wildman–Crippen LogP) is 9.09. The van der Waals surface area contributed by atoms with Gasteiger partial charge in [-0.2, -0.15) is 5.26 Å². The van der Waals surface area contributed by atoms with Gasteiger partial charge in [0.25, 0.3) is 0 Å². The van der Waals surface area contributed by atoms with Crippen LogP contribution in [-0.2, 0) is 23.9 Å². The molecule has 0 radical (unpaired) electrons. The molecule has 0 aliphatic rings. The third-order valence-electron chi connectivity index (χ3n) is 8.55. The highest BCUT2D eigenvalue weighted by molar-refractivity contribution is 6.02. The van der Waals surface area contributed by atoms with E-state index in [0.29, 0.717) is 54.3 Å². The molecule has 11 heteroatoms. The van der Waals surface area contributed by atoms with Gasteiger partial charge in [-0.1, -0.05) is 48.5 Å². The van der Waals surface area contributed by atoms with Crippen molar-refractivity contribution in [3.05, 3.63) is 130 Å². The van der Waals surface area contributed by atoms with E-state index in [0.717, 1.165) is 39.3 Å². The lowest BCUT2D eigenvalue weighted by molar-refractivity contribution is -0.143. The minimum atomic E-state index is -0.862. The standard InChI is InChI=1S/C24H28O6.C22H23NO4/c1-5-29-22(25)16-15-21(24(26)30-6-2)23(17-7-11-19(27-3)12-8-17)18-9-13-20(28-4)14-10-18;1-3-27-20-13-9-17(10-14-20)22(16-7-11-19(26-2)12-8-16)18(15-23)5-4-6-21(24)25/h7-14H,5-6,15-16H2,1-4H3;7-14H,3-6H2,1-2H3,(H,24,25). The van der Waals surface area contributed by atoms with Gasteiger partial charge >= 0.3 is 17.9 Å². The van der Waals surface area contributed by atoms with Gasteiger partial charge in [-0.3, -0.25) is 9.59 Å². The number of hydrogen-bond donors (Lipinski definition) is 1. The summed E-state index contributed by atoms with van der Waals surface area (Å²) in [5.74, 6) is 1.23. The molecule has 4 aromatic carbocycles. The predicted molar refractivity (Wildman–Crippen MR) is 218 cm³/mol. The smallest absolute Gasteiger partial charge is 0.334 e. The molecule has 0 aromatic heterocycles. The lowest BCUT2D eigenvalue weighted by Crippen LogP contribution is -2.13. The molecule has 0 fully saturated rings. The highest BCUT2D eigenvalue weighted by Gasteiger charge is 2.22. The Balaban J connectivity index is 0.000000307. The van der Waals surface area contributed by atoms with E-state index in [2.05, 4.69) is 6.07 Å². The van der Waals surface area contributed by atoms with E-state index >= 15 is 0 Å². The maximum Gasteiger partial charge on any atom is 0.334 e. The Bertz CT molecular complexity index is 1940. The highest BCUT2D eigenvalue weighted by atomic mass is 16.5. The summed E-state index contributed by atoms with van der Waals surface area (Å²) in [7, 11) is 4.79. The quantitative estimate of drug-likeness (QED) is 0.0552. The van der Waals surface area contributed by atoms with Crippen molar-refractivity contribution in [2.75, 3.05) is 41.2 Å². The third kappa shape index (κ3) is 13.9. The van der Waals surface area contributed by atoms with Crippen LogP contribution >= 0.6 is 0 Å². The Morgan fingerprint density at radius 2 is 0.965 bits per heavy atom. The zero-order valence-corrected chi connectivity index (χ0v) is 33.5. The Hall–Kier alpha value is -6.54. The van der Waals surface area contributed by atoms with Crippen LogP contribution in [0.25, 0.3) is 11.1 Å². The number of carbonyl (C=O) groups is 3. The van der Waals surface area contributed by atoms with E-state index in [1.54, 1.807) is 35.2 Å². The van der Waals surface area contributed by atoms with Crippen LogP contribution in [0.3, 0.4) is 0 Å². The van der Waals surface area contributed by atoms with Crippen LogP contribution < -0.4 is 18.9 Å². The normalized spacial score (nSPS) is 10.7. The number of nitriles is 1. The van der Waals surface area contributed by atoms with Crippen LogP contribution in [0.1, 0.15) is 75.1 Å². The molecule has 0 bridgehead atoms. The van der Waals surface area contributed by atoms with Crippen molar-refractivity contribution in [2.24, 2.45) is 0 Å². The minimum absolute atomic E-state index is 0.0321. The van der Waals surface area contributed by atoms with Crippen molar-refractivity contribution in [1.29, 1.82) is 5.26 Å². The summed E-state index contributed by atoms with van der Waals surface area (Å²) in [6.45, 7) is 6.54. The fraction of sp³-hybridized carbons (Fsp3) is 0.304. The number of benzene rings is 4. The SMILES string of the molecule is CCOC(=O)CCC(C(=O)OCC)=C(c1ccc(OC)cc1)c1ccc(OC)cc1.CCOc1ccc(C(=C(C#N)CCCC(=O)O)c2ccc(OC)cc2)cc1. The van der Waals surface area contributed by atoms with Gasteiger partial charge in [-0.25, -0.2) is 4.79 Å². The van der Waals surface area contributed by atoms with Gasteiger partial charge < -0.3 is 33.5 Å². The van der Waals surface area contributed by atoms with Crippen molar-refractivity contribution in [2.45, 2.75) is 52.9 Å². The third-order valence-corrected chi connectivity index (χ3v) is 8.55. The first kappa shape index (κ1) is 44.9. The second-order valence-electron chi connectivity index (χ2n) is 12.2. The molecule has 0 unspecified atom stereocenters. The first-order valence-electron chi connectivity index (χ1n) is 18.7. The molecule has 0 heterocycles. The summed E-state index contributed by atoms with van der Waals surface area (Å²) in [5.41, 5.74) is 5.87. The van der Waals surface area contributed by atoms with Crippen LogP contribution in [0.4, 0.5) is 0 Å². The molecular formula is C46H51NO10. The summed E-state index contributed by atoms with van der Waals surface area (Å²) in [6, 6.07) is 32.1. The van der Waals surface area contributed by atoms with Crippen LogP contribution in [-0.4, -0.2) is 64.2 Å². The first-order valence-corrected chi connectivity index (χ1v) is 18.7. The van der Waals surface area contributed by atoms with Crippen molar-refractivity contribution in [1.82, 2.24) is 0 Å². The maximum absolute atomic E-state index is 12.9. The monoisotopic (exact) mass is 777 g/mol. The van der Waals surface area contributed by atoms with Gasteiger partial charge in [0.05, 0.1) is 47.2 Å². The van der Waals surface area contributed by atoms with Gasteiger partial charge in [0.15, 0.2) is 0 Å². The molecule has 0 atom stereocenters. The number of esters is 2. The van der Waals surface area contributed by atoms with Gasteiger partial charge in [0.2, 0.25) is 0 Å². The van der Waals surface area contributed by atoms with Gasteiger partial charge in [-0.05, 0) is 116 Å². The zero-order valence-electron chi connectivity index (χ0n) is 33.5. The van der Waals surface area contributed by atoms with E-state index in [4.69, 9.17) is 33.5 Å². The van der Waals surface area contributed by atoms with E-state index < -0.39 is 11.9 Å². The number of nitrogens with zero attached hydrogens (tertiary/aromatic N) is 1. The molecule has 0 aliphatic heterocycles. The molecule has 57 heavy (non-hydrogen) atoms. The minimum Gasteiger partial charge on any atom is -0.497 e. The molecule has 1 N–H and O–H groups in total. The van der Waals surface area contributed by atoms with Crippen LogP contribution in [0.5, 0.6) is 23.0 Å². The average Bonchev–Trinajstić information content (AvgIpc) is 3.23. The Morgan fingerprint density at radius 1 is 0.544 bits per heavy atom. The number of hydrogen-bond acceptors (Lipinski definition) is 10. The number of carboxylic acids is 1. The zero-order chi connectivity index (χ0) is 41.6. The molecule has 4 aromatic rings. The Morgan fingerprint density at radius 3 is 1.33 bits per heavy atom. The molecule has 11 nitrogen and oxygen atoms in total. The number of carboxylic acid groups (broad SMARTS) is 1. The van der Waals surface area contributed by atoms with Crippen molar-refractivity contribution in [3.8, 4) is 29.1 Å². The Kier molecular flexibility index (Phi) is 18.9. The van der Waals surface area contributed by atoms with Crippen molar-refractivity contribution >= 4 is 29.1 Å². The summed E-state index contributed by atoms with van der Waals surface area (Å²) in [5, 5.41) is 18.6. The summed E-state index contributed by atoms with van der Waals surface area (Å²) < 4.78 is 31.6. The molecule has 0 spiro atoms. The van der Waals surface area contributed by atoms with Gasteiger partial charge in [0, 0.05) is 29.6 Å². The fourth-order valence-corrected chi connectivity index (χ4v) is 5.85. The molecule has 0 aliphatic carbocycles. The number of rotatable bonds is 19. The molecule has 0 saturated heterocycles. The van der Waals surface area contributed by atoms with E-state index in [-0.39, 0.29) is 31.8 Å². The fourth-order valence-electron chi connectivity index (χ4n) is 5.85. The van der Waals surface area contributed by atoms with E-state index in [1.165, 1.54) is 0 Å². The number of aliphatic carboxylic acids is 1. The van der Waals surface area contributed by atoms with E-state index in [9.17, 15) is 19.6 Å². The summed E-state index contributed by atoms with van der Waals surface area (Å²) >= 11 is 0. The van der Waals surface area contributed by atoms with E-state index in [1.807, 2.05) is 104 Å². The average molecular weight is 778 g/mol. The molecule has 0 amide bonds. The second-order valence-corrected chi connectivity index (χ2v) is 12.2. The topological polar surface area (TPSA) is 151 Å². The lowest BCUT2D eigenvalue weighted by atomic mass is 9.90. The molecule has 4 rings (SSSR count). The van der Waals surface area contributed by atoms with Gasteiger partial charge in [-0.15, -0.1) is 0 Å². The summed E-state index contributed by atoms with van der Waals surface area (Å²) in [6.07, 6.45) is 1.12. The maximum atomic E-state index is 12.9. The largest absolute Gasteiger partial charge is 0.497 e. The van der Waals surface area contributed by atoms with Crippen molar-refractivity contribution < 1.29 is 47.9 Å². The molecule has 0 saturated carbocycles. The first-order chi connectivity index (χ1) is 27.6. The number of ether oxygens (including phenoxy) is 6. The lowest BCUT2D eigenvalue weighted by Gasteiger charge is -2.16. The molecular weight excluding hydrogens is 727 g/mol. The number of carbonyl (C=O) groups excluding carboxylic acids is 2. The van der Waals surface area contributed by atoms with Gasteiger partial charge in [0.1, 0.15) is 23.0 Å². The second kappa shape index (κ2) is 24.1. The number of allylic oxidation sites excluding steroid dienone is 1.